The first-order chi connectivity index (χ1) is 18.0. The van der Waals surface area contributed by atoms with Crippen molar-refractivity contribution in [3.63, 3.8) is 0 Å². The van der Waals surface area contributed by atoms with Gasteiger partial charge in [-0.3, -0.25) is 9.36 Å². The van der Waals surface area contributed by atoms with E-state index < -0.39 is 0 Å². The number of hydrazone groups is 1. The third kappa shape index (κ3) is 6.10. The number of nitrogens with one attached hydrogen (secondary N) is 1. The lowest BCUT2D eigenvalue weighted by Crippen LogP contribution is -2.20. The monoisotopic (exact) mass is 517 g/mol. The van der Waals surface area contributed by atoms with E-state index in [9.17, 15) is 4.79 Å². The number of amides is 1. The molecule has 1 aromatic heterocycles. The predicted molar refractivity (Wildman–Crippen MR) is 144 cm³/mol. The summed E-state index contributed by atoms with van der Waals surface area (Å²) in [4.78, 5) is 12.6. The van der Waals surface area contributed by atoms with Gasteiger partial charge < -0.3 is 14.2 Å². The Labute approximate surface area is 219 Å². The highest BCUT2D eigenvalue weighted by Crippen LogP contribution is 2.32. The molecular weight excluding hydrogens is 490 g/mol. The van der Waals surface area contributed by atoms with E-state index in [1.165, 1.54) is 32.2 Å². The van der Waals surface area contributed by atoms with Crippen LogP contribution in [0.3, 0.4) is 0 Å². The summed E-state index contributed by atoms with van der Waals surface area (Å²) in [6.45, 7) is 2.04. The average Bonchev–Trinajstić information content (AvgIpc) is 3.36. The van der Waals surface area contributed by atoms with E-state index in [-0.39, 0.29) is 11.7 Å². The van der Waals surface area contributed by atoms with Gasteiger partial charge >= 0.3 is 0 Å². The van der Waals surface area contributed by atoms with Crippen molar-refractivity contribution in [1.82, 2.24) is 20.2 Å². The lowest BCUT2D eigenvalue weighted by Gasteiger charge is -2.12. The number of ether oxygens (including phenoxy) is 3. The second kappa shape index (κ2) is 12.1. The minimum atomic E-state index is -0.299. The van der Waals surface area contributed by atoms with Gasteiger partial charge in [0.2, 0.25) is 0 Å². The lowest BCUT2D eigenvalue weighted by molar-refractivity contribution is -0.118. The molecule has 0 bridgehead atoms. The summed E-state index contributed by atoms with van der Waals surface area (Å²) in [6.07, 6.45) is 1.47. The maximum atomic E-state index is 12.6. The normalized spacial score (nSPS) is 10.9. The van der Waals surface area contributed by atoms with E-state index in [4.69, 9.17) is 14.2 Å². The standard InChI is InChI=1S/C27H27N5O4S/c1-18-10-12-19(13-11-18)26-30-31-27(32(26)20-8-6-5-7-9-20)37-17-25(33)29-28-16-22-23(35-3)14-21(34-2)15-24(22)36-4/h5-16H,17H2,1-4H3,(H,29,33). The summed E-state index contributed by atoms with van der Waals surface area (Å²) in [6, 6.07) is 21.3. The molecule has 10 heteroatoms. The first kappa shape index (κ1) is 25.8. The molecule has 0 fully saturated rings. The quantitative estimate of drug-likeness (QED) is 0.188. The van der Waals surface area contributed by atoms with Gasteiger partial charge in [-0.05, 0) is 19.1 Å². The Morgan fingerprint density at radius 1 is 0.973 bits per heavy atom. The molecule has 0 aliphatic heterocycles. The number of thioether (sulfide) groups is 1. The molecule has 0 saturated heterocycles. The number of hydrogen-bond donors (Lipinski definition) is 1. The number of benzene rings is 3. The van der Waals surface area contributed by atoms with Gasteiger partial charge in [0.05, 0.1) is 38.9 Å². The maximum absolute atomic E-state index is 12.6. The van der Waals surface area contributed by atoms with Crippen molar-refractivity contribution in [3.8, 4) is 34.3 Å². The zero-order valence-electron chi connectivity index (χ0n) is 21.0. The highest BCUT2D eigenvalue weighted by molar-refractivity contribution is 7.99. The van der Waals surface area contributed by atoms with Crippen molar-refractivity contribution in [2.75, 3.05) is 27.1 Å². The summed E-state index contributed by atoms with van der Waals surface area (Å²) in [5, 5.41) is 13.5. The predicted octanol–water partition coefficient (Wildman–Crippen LogP) is 4.51. The second-order valence-electron chi connectivity index (χ2n) is 7.87. The number of methoxy groups -OCH3 is 3. The van der Waals surface area contributed by atoms with Crippen LogP contribution in [0, 0.1) is 6.92 Å². The molecule has 37 heavy (non-hydrogen) atoms. The van der Waals surface area contributed by atoms with Gasteiger partial charge in [0, 0.05) is 23.4 Å². The Morgan fingerprint density at radius 3 is 2.27 bits per heavy atom. The number of para-hydroxylation sites is 1. The van der Waals surface area contributed by atoms with Crippen molar-refractivity contribution in [2.45, 2.75) is 12.1 Å². The highest BCUT2D eigenvalue weighted by Gasteiger charge is 2.17. The molecule has 0 spiro atoms. The van der Waals surface area contributed by atoms with E-state index in [1.54, 1.807) is 19.2 Å². The number of rotatable bonds is 10. The van der Waals surface area contributed by atoms with Gasteiger partial charge in [0.1, 0.15) is 17.2 Å². The Bertz CT molecular complexity index is 1360. The Balaban J connectivity index is 1.50. The maximum Gasteiger partial charge on any atom is 0.250 e. The molecule has 190 valence electrons. The zero-order chi connectivity index (χ0) is 26.2. The van der Waals surface area contributed by atoms with E-state index in [0.29, 0.717) is 33.8 Å². The van der Waals surface area contributed by atoms with Gasteiger partial charge in [0.25, 0.3) is 5.91 Å². The number of carbonyl (C=O) groups excluding carboxylic acids is 1. The smallest absolute Gasteiger partial charge is 0.250 e. The molecule has 9 nitrogen and oxygen atoms in total. The van der Waals surface area contributed by atoms with Crippen LogP contribution in [0.1, 0.15) is 11.1 Å². The molecule has 3 aromatic carbocycles. The minimum absolute atomic E-state index is 0.0904. The van der Waals surface area contributed by atoms with Gasteiger partial charge in [-0.1, -0.05) is 59.8 Å². The molecule has 0 saturated carbocycles. The number of hydrogen-bond acceptors (Lipinski definition) is 8. The summed E-state index contributed by atoms with van der Waals surface area (Å²) in [7, 11) is 4.63. The van der Waals surface area contributed by atoms with E-state index in [0.717, 1.165) is 16.8 Å². The summed E-state index contributed by atoms with van der Waals surface area (Å²) in [5.41, 5.74) is 6.12. The molecule has 0 unspecified atom stereocenters. The Morgan fingerprint density at radius 2 is 1.65 bits per heavy atom. The van der Waals surface area contributed by atoms with Crippen molar-refractivity contribution >= 4 is 23.9 Å². The molecule has 0 atom stereocenters. The van der Waals surface area contributed by atoms with Crippen LogP contribution >= 0.6 is 11.8 Å². The molecule has 0 aliphatic rings. The van der Waals surface area contributed by atoms with Crippen LogP contribution in [0.25, 0.3) is 17.1 Å². The first-order valence-electron chi connectivity index (χ1n) is 11.4. The van der Waals surface area contributed by atoms with Crippen molar-refractivity contribution in [2.24, 2.45) is 5.10 Å². The summed E-state index contributed by atoms with van der Waals surface area (Å²) in [5.74, 6) is 2.08. The zero-order valence-corrected chi connectivity index (χ0v) is 21.8. The van der Waals surface area contributed by atoms with E-state index in [2.05, 4.69) is 20.7 Å². The fourth-order valence-electron chi connectivity index (χ4n) is 3.55. The number of aryl methyl sites for hydroxylation is 1. The molecule has 1 amide bonds. The van der Waals surface area contributed by atoms with Crippen molar-refractivity contribution in [3.05, 3.63) is 77.9 Å². The third-order valence-corrected chi connectivity index (χ3v) is 6.35. The van der Waals surface area contributed by atoms with Crippen LogP contribution < -0.4 is 19.6 Å². The fourth-order valence-corrected chi connectivity index (χ4v) is 4.30. The lowest BCUT2D eigenvalue weighted by atomic mass is 10.1. The molecule has 1 heterocycles. The van der Waals surface area contributed by atoms with Gasteiger partial charge in [-0.25, -0.2) is 5.43 Å². The third-order valence-electron chi connectivity index (χ3n) is 5.43. The van der Waals surface area contributed by atoms with E-state index in [1.807, 2.05) is 66.1 Å². The highest BCUT2D eigenvalue weighted by atomic mass is 32.2. The van der Waals surface area contributed by atoms with Crippen LogP contribution in [0.2, 0.25) is 0 Å². The van der Waals surface area contributed by atoms with Crippen LogP contribution in [0.4, 0.5) is 0 Å². The van der Waals surface area contributed by atoms with Crippen LogP contribution in [-0.2, 0) is 4.79 Å². The van der Waals surface area contributed by atoms with Crippen molar-refractivity contribution in [1.29, 1.82) is 0 Å². The summed E-state index contributed by atoms with van der Waals surface area (Å²) >= 11 is 1.27. The SMILES string of the molecule is COc1cc(OC)c(C=NNC(=O)CSc2nnc(-c3ccc(C)cc3)n2-c2ccccc2)c(OC)c1. The van der Waals surface area contributed by atoms with Gasteiger partial charge in [0.15, 0.2) is 11.0 Å². The Hall–Kier alpha value is -4.31. The second-order valence-corrected chi connectivity index (χ2v) is 8.81. The number of aromatic nitrogens is 3. The molecule has 0 radical (unpaired) electrons. The Kier molecular flexibility index (Phi) is 8.42. The van der Waals surface area contributed by atoms with Crippen molar-refractivity contribution < 1.29 is 19.0 Å². The summed E-state index contributed by atoms with van der Waals surface area (Å²) < 4.78 is 18.0. The molecule has 1 N–H and O–H groups in total. The van der Waals surface area contributed by atoms with Gasteiger partial charge in [-0.15, -0.1) is 10.2 Å². The van der Waals surface area contributed by atoms with E-state index >= 15 is 0 Å². The van der Waals surface area contributed by atoms with Gasteiger partial charge in [-0.2, -0.15) is 5.10 Å². The average molecular weight is 518 g/mol. The van der Waals surface area contributed by atoms with Crippen LogP contribution in [-0.4, -0.2) is 54.0 Å². The minimum Gasteiger partial charge on any atom is -0.496 e. The molecule has 4 rings (SSSR count). The molecule has 4 aromatic rings. The molecular formula is C27H27N5O4S. The van der Waals surface area contributed by atoms with Crippen LogP contribution in [0.15, 0.2) is 77.0 Å². The number of carbonyl (C=O) groups is 1. The molecule has 0 aliphatic carbocycles. The topological polar surface area (TPSA) is 99.9 Å². The fraction of sp³-hybridized carbons (Fsp3) is 0.185. The number of nitrogens with zero attached hydrogens (tertiary/aromatic N) is 4. The largest absolute Gasteiger partial charge is 0.496 e. The van der Waals surface area contributed by atoms with Crippen LogP contribution in [0.5, 0.6) is 17.2 Å². The first-order valence-corrected chi connectivity index (χ1v) is 12.3.